The van der Waals surface area contributed by atoms with Crippen LogP contribution in [0.5, 0.6) is 0 Å². The predicted octanol–water partition coefficient (Wildman–Crippen LogP) is -3.95. The van der Waals surface area contributed by atoms with E-state index in [4.69, 9.17) is 10.00 Å². The van der Waals surface area contributed by atoms with Crippen molar-refractivity contribution in [2.45, 2.75) is 82.4 Å². The van der Waals surface area contributed by atoms with Crippen LogP contribution in [0.1, 0.15) is 64.2 Å². The first-order chi connectivity index (χ1) is 11.6. The molecule has 0 aromatic heterocycles. The highest BCUT2D eigenvalue weighted by atomic mass is 31.2. The molecule has 11 nitrogen and oxygen atoms in total. The van der Waals surface area contributed by atoms with Crippen LogP contribution in [0, 0.1) is 0 Å². The molecule has 0 aliphatic heterocycles. The first kappa shape index (κ1) is 31.1. The molecule has 0 aromatic carbocycles. The summed E-state index contributed by atoms with van der Waals surface area (Å²) in [6, 6.07) is 1.57. The Labute approximate surface area is 159 Å². The maximum absolute atomic E-state index is 9.79. The Balaban J connectivity index is -0.000000318. The Hall–Kier alpha value is -0.620. The highest BCUT2D eigenvalue weighted by molar-refractivity contribution is 7.44. The molecule has 12 heteroatoms. The van der Waals surface area contributed by atoms with Gasteiger partial charge in [-0.2, -0.15) is 0 Å². The number of aliphatic hydroxyl groups excluding tert-OH is 1. The van der Waals surface area contributed by atoms with Gasteiger partial charge in [0.15, 0.2) is 0 Å². The lowest BCUT2D eigenvalue weighted by Gasteiger charge is -2.18. The highest BCUT2D eigenvalue weighted by Gasteiger charge is 2.10. The number of carboxylic acid groups (broad SMARTS) is 1. The molecule has 0 saturated heterocycles. The number of carbonyl (C=O) groups is 1. The highest BCUT2D eigenvalue weighted by Crippen LogP contribution is 2.29. The Kier molecular flexibility index (Phi) is 20.1. The van der Waals surface area contributed by atoms with Crippen molar-refractivity contribution >= 4 is 13.8 Å². The largest absolute Gasteiger partial charge is 0.756 e. The van der Waals surface area contributed by atoms with Crippen LogP contribution in [-0.2, 0) is 13.9 Å². The maximum Gasteiger partial charge on any atom is 0.265 e. The zero-order chi connectivity index (χ0) is 19.3. The first-order valence-electron chi connectivity index (χ1n) is 8.85. The minimum Gasteiger partial charge on any atom is -0.756 e. The molecule has 2 aliphatic rings. The van der Waals surface area contributed by atoms with Crippen LogP contribution in [0.3, 0.4) is 0 Å². The normalized spacial score (nSPS) is 20.8. The first-order valence-corrected chi connectivity index (χ1v) is 10.3. The number of hydrogen-bond donors (Lipinski definition) is 4. The van der Waals surface area contributed by atoms with Crippen molar-refractivity contribution in [2.75, 3.05) is 6.61 Å². The number of aliphatic carboxylic acids is 1. The van der Waals surface area contributed by atoms with Crippen molar-refractivity contribution in [1.82, 2.24) is 0 Å². The van der Waals surface area contributed by atoms with Gasteiger partial charge in [0.25, 0.3) is 7.82 Å². The third-order valence-electron chi connectivity index (χ3n) is 4.12. The van der Waals surface area contributed by atoms with E-state index in [0.717, 1.165) is 12.1 Å². The summed E-state index contributed by atoms with van der Waals surface area (Å²) in [6.45, 7) is -1.06. The molecule has 27 heavy (non-hydrogen) atoms. The van der Waals surface area contributed by atoms with Crippen molar-refractivity contribution in [3.05, 3.63) is 0 Å². The van der Waals surface area contributed by atoms with Crippen molar-refractivity contribution in [1.29, 1.82) is 0 Å². The molecule has 2 saturated carbocycles. The lowest BCUT2D eigenvalue weighted by molar-refractivity contribution is -0.425. The van der Waals surface area contributed by atoms with E-state index in [2.05, 4.69) is 16.0 Å². The van der Waals surface area contributed by atoms with Gasteiger partial charge in [0.2, 0.25) is 0 Å². The second kappa shape index (κ2) is 17.5. The van der Waals surface area contributed by atoms with Crippen LogP contribution >= 0.6 is 7.82 Å². The SMILES string of the molecule is O.O.O=C([O-])[C@H](O)COP(=O)([O-])O.[NH3+]C1CCCCC1.[NH3+]C1CCCCC1. The second-order valence-electron chi connectivity index (χ2n) is 6.61. The molecule has 0 spiro atoms. The standard InChI is InChI=1S/2C6H13N.C3H7O7P.2H2O/c2*7-6-4-2-1-3-5-6;4-2(3(5)6)1-10-11(7,8)9;;/h2*6H,1-5,7H2;2,4H,1H2,(H,5,6)(H2,7,8,9);2*1H2/t;;2-;;/m..1../s1. The fraction of sp³-hybridized carbons (Fsp3) is 0.933. The van der Waals surface area contributed by atoms with E-state index in [1.54, 1.807) is 0 Å². The number of carbonyl (C=O) groups excluding carboxylic acids is 1. The molecule has 0 heterocycles. The fourth-order valence-corrected chi connectivity index (χ4v) is 2.94. The van der Waals surface area contributed by atoms with Crippen molar-refractivity contribution < 1.29 is 56.3 Å². The summed E-state index contributed by atoms with van der Waals surface area (Å²) >= 11 is 0. The van der Waals surface area contributed by atoms with E-state index in [-0.39, 0.29) is 11.0 Å². The molecule has 0 radical (unpaired) electrons. The van der Waals surface area contributed by atoms with Gasteiger partial charge in [-0.15, -0.1) is 0 Å². The van der Waals surface area contributed by atoms with Gasteiger partial charge in [-0.25, -0.2) is 0 Å². The Bertz CT molecular complexity index is 381. The van der Waals surface area contributed by atoms with Gasteiger partial charge in [-0.05, 0) is 51.4 Å². The van der Waals surface area contributed by atoms with Gasteiger partial charge in [0.05, 0.1) is 24.7 Å². The van der Waals surface area contributed by atoms with Crippen molar-refractivity contribution in [3.63, 3.8) is 0 Å². The van der Waals surface area contributed by atoms with Crippen LogP contribution in [-0.4, -0.2) is 51.7 Å². The average molecular weight is 420 g/mol. The molecule has 0 aromatic rings. The molecule has 2 fully saturated rings. The summed E-state index contributed by atoms with van der Waals surface area (Å²) in [5.41, 5.74) is 8.00. The summed E-state index contributed by atoms with van der Waals surface area (Å²) in [5.74, 6) is -1.88. The fourth-order valence-electron chi connectivity index (χ4n) is 2.61. The molecule has 0 amide bonds. The second-order valence-corrected chi connectivity index (χ2v) is 7.80. The quantitative estimate of drug-likeness (QED) is 0.328. The molecule has 1 unspecified atom stereocenters. The molecular weight excluding hydrogens is 383 g/mol. The van der Waals surface area contributed by atoms with E-state index in [9.17, 15) is 19.4 Å². The van der Waals surface area contributed by atoms with E-state index < -0.39 is 26.5 Å². The number of aliphatic hydroxyl groups is 1. The predicted molar refractivity (Wildman–Crippen MR) is 93.5 cm³/mol. The third kappa shape index (κ3) is 21.5. The number of quaternary nitrogens is 2. The summed E-state index contributed by atoms with van der Waals surface area (Å²) in [6.07, 6.45) is 12.0. The zero-order valence-electron chi connectivity index (χ0n) is 15.8. The van der Waals surface area contributed by atoms with Crippen molar-refractivity contribution in [3.8, 4) is 0 Å². The minimum absolute atomic E-state index is 0. The molecule has 2 aliphatic carbocycles. The Morgan fingerprint density at radius 1 is 1.00 bits per heavy atom. The topological polar surface area (TPSA) is 248 Å². The Morgan fingerprint density at radius 3 is 1.52 bits per heavy atom. The summed E-state index contributed by atoms with van der Waals surface area (Å²) < 4.78 is 13.3. The molecule has 12 N–H and O–H groups in total. The lowest BCUT2D eigenvalue weighted by Crippen LogP contribution is -2.61. The molecule has 166 valence electrons. The molecule has 0 bridgehead atoms. The smallest absolute Gasteiger partial charge is 0.265 e. The van der Waals surface area contributed by atoms with Crippen LogP contribution in [0.15, 0.2) is 0 Å². The van der Waals surface area contributed by atoms with Gasteiger partial charge >= 0.3 is 0 Å². The molecule has 2 atom stereocenters. The van der Waals surface area contributed by atoms with Gasteiger partial charge in [-0.1, -0.05) is 12.8 Å². The minimum atomic E-state index is -4.96. The van der Waals surface area contributed by atoms with E-state index in [1.807, 2.05) is 0 Å². The zero-order valence-corrected chi connectivity index (χ0v) is 16.7. The van der Waals surface area contributed by atoms with Gasteiger partial charge in [0.1, 0.15) is 6.10 Å². The lowest BCUT2D eigenvalue weighted by atomic mass is 9.97. The summed E-state index contributed by atoms with van der Waals surface area (Å²) in [4.78, 5) is 27.4. The average Bonchev–Trinajstić information content (AvgIpc) is 2.54. The van der Waals surface area contributed by atoms with Crippen LogP contribution in [0.2, 0.25) is 0 Å². The van der Waals surface area contributed by atoms with E-state index >= 15 is 0 Å². The summed E-state index contributed by atoms with van der Waals surface area (Å²) in [7, 11) is -4.96. The number of phosphoric acid groups is 1. The monoisotopic (exact) mass is 420 g/mol. The Morgan fingerprint density at radius 2 is 1.33 bits per heavy atom. The van der Waals surface area contributed by atoms with Crippen LogP contribution < -0.4 is 21.5 Å². The maximum atomic E-state index is 9.79. The van der Waals surface area contributed by atoms with E-state index in [1.165, 1.54) is 64.2 Å². The van der Waals surface area contributed by atoms with Crippen LogP contribution in [0.25, 0.3) is 0 Å². The van der Waals surface area contributed by atoms with Gasteiger partial charge in [0, 0.05) is 0 Å². The van der Waals surface area contributed by atoms with Gasteiger partial charge in [-0.3, -0.25) is 4.57 Å². The van der Waals surface area contributed by atoms with Crippen LogP contribution in [0.4, 0.5) is 0 Å². The van der Waals surface area contributed by atoms with Crippen molar-refractivity contribution in [2.24, 2.45) is 0 Å². The van der Waals surface area contributed by atoms with Gasteiger partial charge < -0.3 is 51.7 Å². The summed E-state index contributed by atoms with van der Waals surface area (Å²) in [5, 5.41) is 18.0. The number of phosphoric ester groups is 1. The number of hydrogen-bond acceptors (Lipinski definition) is 6. The molecule has 2 rings (SSSR count). The van der Waals surface area contributed by atoms with E-state index in [0.29, 0.717) is 0 Å². The molecular formula is C15H37N2O9P. The number of carboxylic acids is 1. The third-order valence-corrected chi connectivity index (χ3v) is 4.59. The number of rotatable bonds is 4.